The molecule has 0 fully saturated rings. The largest absolute Gasteiger partial charge is 0.476 e. The van der Waals surface area contributed by atoms with E-state index in [9.17, 15) is 10.1 Å². The van der Waals surface area contributed by atoms with Gasteiger partial charge in [-0.25, -0.2) is 9.78 Å². The maximum atomic E-state index is 11.2. The molecule has 2 heterocycles. The lowest BCUT2D eigenvalue weighted by molar-refractivity contribution is 0.0690. The van der Waals surface area contributed by atoms with Crippen molar-refractivity contribution < 1.29 is 9.90 Å². The summed E-state index contributed by atoms with van der Waals surface area (Å²) < 4.78 is 1.89. The number of nitrogens with zero attached hydrogens (tertiary/aromatic N) is 3. The zero-order valence-electron chi connectivity index (χ0n) is 10.6. The Kier molecular flexibility index (Phi) is 3.20. The van der Waals surface area contributed by atoms with Gasteiger partial charge in [-0.05, 0) is 33.1 Å². The molecule has 1 aromatic carbocycles. The Hall–Kier alpha value is -2.65. The molecule has 0 saturated carbocycles. The normalized spacial score (nSPS) is 10.5. The van der Waals surface area contributed by atoms with Crippen molar-refractivity contribution in [3.05, 3.63) is 58.5 Å². The summed E-state index contributed by atoms with van der Waals surface area (Å²) >= 11 is 3.23. The fourth-order valence-corrected chi connectivity index (χ4v) is 2.65. The maximum absolute atomic E-state index is 11.2. The van der Waals surface area contributed by atoms with Gasteiger partial charge in [0.2, 0.25) is 0 Å². The van der Waals surface area contributed by atoms with Crippen molar-refractivity contribution in [2.75, 3.05) is 0 Å². The summed E-state index contributed by atoms with van der Waals surface area (Å²) in [5, 5.41) is 18.4. The summed E-state index contributed by atoms with van der Waals surface area (Å²) in [4.78, 5) is 15.2. The molecule has 2 aromatic heterocycles. The Morgan fingerprint density at radius 2 is 2.00 bits per heavy atom. The van der Waals surface area contributed by atoms with Crippen LogP contribution in [0.2, 0.25) is 0 Å². The molecule has 6 heteroatoms. The third kappa shape index (κ3) is 2.18. The first-order valence-electron chi connectivity index (χ1n) is 6.02. The highest BCUT2D eigenvalue weighted by Gasteiger charge is 2.19. The van der Waals surface area contributed by atoms with E-state index in [1.807, 2.05) is 30.3 Å². The van der Waals surface area contributed by atoms with Gasteiger partial charge < -0.3 is 5.11 Å². The number of hydrogen-bond donors (Lipinski definition) is 1. The summed E-state index contributed by atoms with van der Waals surface area (Å²) in [6.45, 7) is 0. The molecule has 0 aliphatic carbocycles. The molecular weight excluding hydrogens is 334 g/mol. The Morgan fingerprint density at radius 3 is 2.62 bits per heavy atom. The van der Waals surface area contributed by atoms with E-state index in [1.54, 1.807) is 16.7 Å². The Morgan fingerprint density at radius 1 is 1.29 bits per heavy atom. The number of benzene rings is 1. The summed E-state index contributed by atoms with van der Waals surface area (Å²) in [7, 11) is 0. The van der Waals surface area contributed by atoms with E-state index >= 15 is 0 Å². The minimum absolute atomic E-state index is 0.114. The van der Waals surface area contributed by atoms with Crippen LogP contribution in [0.3, 0.4) is 0 Å². The standard InChI is InChI=1S/C15H8BrN3O2/c16-13-12(15(20)21)18-14-10(7-17)6-11(8-19(13)14)9-4-2-1-3-5-9/h1-6,8H,(H,20,21). The summed E-state index contributed by atoms with van der Waals surface area (Å²) in [6.07, 6.45) is 1.76. The fraction of sp³-hybridized carbons (Fsp3) is 0. The monoisotopic (exact) mass is 341 g/mol. The smallest absolute Gasteiger partial charge is 0.357 e. The third-order valence-electron chi connectivity index (χ3n) is 3.09. The van der Waals surface area contributed by atoms with Gasteiger partial charge in [0.25, 0.3) is 0 Å². The molecule has 3 aromatic rings. The third-order valence-corrected chi connectivity index (χ3v) is 3.85. The van der Waals surface area contributed by atoms with E-state index in [0.717, 1.165) is 11.1 Å². The number of aromatic nitrogens is 2. The number of imidazole rings is 1. The lowest BCUT2D eigenvalue weighted by Crippen LogP contribution is -1.97. The summed E-state index contributed by atoms with van der Waals surface area (Å²) in [5.74, 6) is -1.14. The average molecular weight is 342 g/mol. The quantitative estimate of drug-likeness (QED) is 0.775. The van der Waals surface area contributed by atoms with E-state index in [2.05, 4.69) is 27.0 Å². The number of rotatable bonds is 2. The number of carbonyl (C=O) groups is 1. The first-order valence-corrected chi connectivity index (χ1v) is 6.81. The second-order valence-electron chi connectivity index (χ2n) is 4.37. The minimum atomic E-state index is -1.14. The van der Waals surface area contributed by atoms with Crippen LogP contribution in [0, 0.1) is 11.3 Å². The van der Waals surface area contributed by atoms with Gasteiger partial charge in [-0.2, -0.15) is 5.26 Å². The summed E-state index contributed by atoms with van der Waals surface area (Å²) in [6, 6.07) is 13.3. The zero-order valence-corrected chi connectivity index (χ0v) is 12.2. The molecular formula is C15H8BrN3O2. The van der Waals surface area contributed by atoms with E-state index in [0.29, 0.717) is 15.8 Å². The Balaban J connectivity index is 2.34. The molecule has 102 valence electrons. The van der Waals surface area contributed by atoms with Crippen LogP contribution in [0.5, 0.6) is 0 Å². The molecule has 5 nitrogen and oxygen atoms in total. The number of halogens is 1. The van der Waals surface area contributed by atoms with Gasteiger partial charge in [0.15, 0.2) is 11.3 Å². The maximum Gasteiger partial charge on any atom is 0.357 e. The number of nitriles is 1. The predicted octanol–water partition coefficient (Wildman–Crippen LogP) is 3.33. The molecule has 0 aliphatic heterocycles. The van der Waals surface area contributed by atoms with Crippen molar-refractivity contribution in [3.8, 4) is 17.2 Å². The van der Waals surface area contributed by atoms with Crippen molar-refractivity contribution in [1.82, 2.24) is 9.38 Å². The second-order valence-corrected chi connectivity index (χ2v) is 5.12. The summed E-state index contributed by atoms with van der Waals surface area (Å²) in [5.41, 5.74) is 2.28. The number of fused-ring (bicyclic) bond motifs is 1. The first-order chi connectivity index (χ1) is 10.1. The van der Waals surface area contributed by atoms with Crippen molar-refractivity contribution >= 4 is 27.5 Å². The lowest BCUT2D eigenvalue weighted by Gasteiger charge is -2.05. The van der Waals surface area contributed by atoms with Crippen LogP contribution >= 0.6 is 15.9 Å². The highest BCUT2D eigenvalue weighted by atomic mass is 79.9. The van der Waals surface area contributed by atoms with Crippen LogP contribution in [0.1, 0.15) is 16.1 Å². The van der Waals surface area contributed by atoms with Gasteiger partial charge in [-0.3, -0.25) is 4.40 Å². The van der Waals surface area contributed by atoms with Gasteiger partial charge >= 0.3 is 5.97 Å². The van der Waals surface area contributed by atoms with E-state index in [-0.39, 0.29) is 5.69 Å². The molecule has 0 saturated heterocycles. The van der Waals surface area contributed by atoms with Gasteiger partial charge in [-0.1, -0.05) is 30.3 Å². The van der Waals surface area contributed by atoms with E-state index < -0.39 is 5.97 Å². The van der Waals surface area contributed by atoms with Crippen LogP contribution in [0.25, 0.3) is 16.8 Å². The Labute approximate surface area is 128 Å². The van der Waals surface area contributed by atoms with Crippen molar-refractivity contribution in [3.63, 3.8) is 0 Å². The molecule has 0 spiro atoms. The Bertz CT molecular complexity index is 895. The first kappa shape index (κ1) is 13.3. The van der Waals surface area contributed by atoms with Gasteiger partial charge in [0, 0.05) is 6.20 Å². The fourth-order valence-electron chi connectivity index (χ4n) is 2.12. The lowest BCUT2D eigenvalue weighted by atomic mass is 10.1. The molecule has 21 heavy (non-hydrogen) atoms. The van der Waals surface area contributed by atoms with Gasteiger partial charge in [0.05, 0.1) is 5.56 Å². The van der Waals surface area contributed by atoms with Crippen LogP contribution in [-0.4, -0.2) is 20.5 Å². The van der Waals surface area contributed by atoms with Gasteiger partial charge in [-0.15, -0.1) is 0 Å². The second kappa shape index (κ2) is 5.04. The average Bonchev–Trinajstić information content (AvgIpc) is 2.85. The molecule has 0 aliphatic rings. The van der Waals surface area contributed by atoms with Crippen LogP contribution < -0.4 is 0 Å². The number of pyridine rings is 1. The van der Waals surface area contributed by atoms with Crippen LogP contribution in [0.4, 0.5) is 0 Å². The SMILES string of the molecule is N#Cc1cc(-c2ccccc2)cn2c(Br)c(C(=O)O)nc12. The minimum Gasteiger partial charge on any atom is -0.476 e. The predicted molar refractivity (Wildman–Crippen MR) is 80.0 cm³/mol. The molecule has 0 amide bonds. The highest BCUT2D eigenvalue weighted by Crippen LogP contribution is 2.27. The molecule has 0 radical (unpaired) electrons. The van der Waals surface area contributed by atoms with Crippen molar-refractivity contribution in [2.45, 2.75) is 0 Å². The molecule has 0 atom stereocenters. The van der Waals surface area contributed by atoms with E-state index in [4.69, 9.17) is 5.11 Å². The number of aromatic carboxylic acids is 1. The van der Waals surface area contributed by atoms with E-state index in [1.165, 1.54) is 0 Å². The molecule has 3 rings (SSSR count). The topological polar surface area (TPSA) is 78.4 Å². The number of hydrogen-bond acceptors (Lipinski definition) is 3. The van der Waals surface area contributed by atoms with Crippen LogP contribution in [0.15, 0.2) is 47.2 Å². The van der Waals surface area contributed by atoms with Crippen LogP contribution in [-0.2, 0) is 0 Å². The van der Waals surface area contributed by atoms with Crippen molar-refractivity contribution in [1.29, 1.82) is 5.26 Å². The number of carboxylic acids is 1. The van der Waals surface area contributed by atoms with Gasteiger partial charge in [0.1, 0.15) is 10.7 Å². The molecule has 0 unspecified atom stereocenters. The number of carboxylic acid groups (broad SMARTS) is 1. The molecule has 0 bridgehead atoms. The molecule has 1 N–H and O–H groups in total. The highest BCUT2D eigenvalue weighted by molar-refractivity contribution is 9.10. The zero-order chi connectivity index (χ0) is 15.0. The van der Waals surface area contributed by atoms with Crippen molar-refractivity contribution in [2.24, 2.45) is 0 Å².